The van der Waals surface area contributed by atoms with Crippen LogP contribution in [0.4, 0.5) is 5.69 Å². The Morgan fingerprint density at radius 1 is 1.27 bits per heavy atom. The number of anilines is 1. The standard InChI is InChI=1S/C20H23N3O2S/c1-20(2,3)16-10-17(24)23-11-14(12-26-19(23)21-16)18(25)22-9-8-13-6-4-5-7-15(13)22/h4-7,10,14H,8-9,11-12H2,1-3H3. The lowest BCUT2D eigenvalue weighted by Gasteiger charge is -2.29. The van der Waals surface area contributed by atoms with Crippen molar-refractivity contribution in [3.8, 4) is 0 Å². The minimum absolute atomic E-state index is 0.0632. The average Bonchev–Trinajstić information content (AvgIpc) is 3.04. The fourth-order valence-corrected chi connectivity index (χ4v) is 4.61. The van der Waals surface area contributed by atoms with Crippen molar-refractivity contribution in [3.63, 3.8) is 0 Å². The van der Waals surface area contributed by atoms with Gasteiger partial charge in [-0.3, -0.25) is 14.2 Å². The van der Waals surface area contributed by atoms with Crippen molar-refractivity contribution >= 4 is 23.4 Å². The molecule has 1 aromatic carbocycles. The molecule has 0 spiro atoms. The lowest BCUT2D eigenvalue weighted by molar-refractivity contribution is -0.122. The molecule has 26 heavy (non-hydrogen) atoms. The van der Waals surface area contributed by atoms with Gasteiger partial charge < -0.3 is 4.90 Å². The summed E-state index contributed by atoms with van der Waals surface area (Å²) in [5, 5.41) is 0.730. The molecule has 1 amide bonds. The fraction of sp³-hybridized carbons (Fsp3) is 0.450. The van der Waals surface area contributed by atoms with Crippen LogP contribution in [-0.4, -0.2) is 27.8 Å². The Morgan fingerprint density at radius 2 is 2.04 bits per heavy atom. The van der Waals surface area contributed by atoms with Crippen molar-refractivity contribution in [3.05, 3.63) is 51.9 Å². The summed E-state index contributed by atoms with van der Waals surface area (Å²) in [5.74, 6) is 0.580. The summed E-state index contributed by atoms with van der Waals surface area (Å²) in [7, 11) is 0. The van der Waals surface area contributed by atoms with E-state index in [1.54, 1.807) is 10.6 Å². The van der Waals surface area contributed by atoms with Crippen molar-refractivity contribution < 1.29 is 4.79 Å². The van der Waals surface area contributed by atoms with Crippen molar-refractivity contribution in [1.29, 1.82) is 0 Å². The molecule has 0 aliphatic carbocycles. The molecule has 5 nitrogen and oxygen atoms in total. The van der Waals surface area contributed by atoms with Crippen LogP contribution < -0.4 is 10.5 Å². The van der Waals surface area contributed by atoms with Gasteiger partial charge in [0.2, 0.25) is 5.91 Å². The van der Waals surface area contributed by atoms with E-state index in [0.29, 0.717) is 12.3 Å². The van der Waals surface area contributed by atoms with Crippen molar-refractivity contribution in [2.45, 2.75) is 44.3 Å². The molecule has 136 valence electrons. The van der Waals surface area contributed by atoms with E-state index < -0.39 is 0 Å². The van der Waals surface area contributed by atoms with Crippen LogP contribution in [0.3, 0.4) is 0 Å². The molecule has 0 fully saturated rings. The van der Waals surface area contributed by atoms with Crippen LogP contribution in [0, 0.1) is 5.92 Å². The molecule has 0 bridgehead atoms. The third-order valence-electron chi connectivity index (χ3n) is 5.06. The van der Waals surface area contributed by atoms with Gasteiger partial charge in [-0.15, -0.1) is 0 Å². The lowest BCUT2D eigenvalue weighted by atomic mass is 9.92. The summed E-state index contributed by atoms with van der Waals surface area (Å²) in [6.45, 7) is 7.29. The van der Waals surface area contributed by atoms with Gasteiger partial charge in [0.25, 0.3) is 5.56 Å². The number of rotatable bonds is 1. The van der Waals surface area contributed by atoms with Gasteiger partial charge in [0.1, 0.15) is 0 Å². The molecule has 0 saturated carbocycles. The van der Waals surface area contributed by atoms with Crippen LogP contribution >= 0.6 is 11.8 Å². The molecule has 2 aromatic rings. The normalized spacial score (nSPS) is 19.2. The largest absolute Gasteiger partial charge is 0.311 e. The first kappa shape index (κ1) is 17.3. The minimum atomic E-state index is -0.196. The van der Waals surface area contributed by atoms with E-state index in [1.165, 1.54) is 17.3 Å². The molecular formula is C20H23N3O2S. The summed E-state index contributed by atoms with van der Waals surface area (Å²) >= 11 is 1.51. The topological polar surface area (TPSA) is 55.2 Å². The highest BCUT2D eigenvalue weighted by molar-refractivity contribution is 7.99. The maximum atomic E-state index is 13.1. The van der Waals surface area contributed by atoms with E-state index >= 15 is 0 Å². The van der Waals surface area contributed by atoms with Crippen LogP contribution in [-0.2, 0) is 23.2 Å². The van der Waals surface area contributed by atoms with Crippen LogP contribution in [0.15, 0.2) is 40.3 Å². The Bertz CT molecular complexity index is 929. The number of carbonyl (C=O) groups is 1. The highest BCUT2D eigenvalue weighted by Gasteiger charge is 2.34. The molecule has 0 saturated heterocycles. The molecule has 4 rings (SSSR count). The first-order valence-corrected chi connectivity index (χ1v) is 9.97. The van der Waals surface area contributed by atoms with Gasteiger partial charge in [0.05, 0.1) is 11.6 Å². The van der Waals surface area contributed by atoms with Gasteiger partial charge in [-0.1, -0.05) is 50.7 Å². The summed E-state index contributed by atoms with van der Waals surface area (Å²) in [6.07, 6.45) is 0.898. The monoisotopic (exact) mass is 369 g/mol. The number of carbonyl (C=O) groups excluding carboxylic acids is 1. The van der Waals surface area contributed by atoms with E-state index in [0.717, 1.165) is 29.5 Å². The zero-order valence-electron chi connectivity index (χ0n) is 15.4. The number of hydrogen-bond donors (Lipinski definition) is 0. The maximum absolute atomic E-state index is 13.1. The van der Waals surface area contributed by atoms with Gasteiger partial charge in [-0.05, 0) is 18.1 Å². The number of aromatic nitrogens is 2. The number of hydrogen-bond acceptors (Lipinski definition) is 4. The molecule has 0 radical (unpaired) electrons. The fourth-order valence-electron chi connectivity index (χ4n) is 3.53. The third kappa shape index (κ3) is 2.96. The molecule has 3 heterocycles. The third-order valence-corrected chi connectivity index (χ3v) is 6.20. The van der Waals surface area contributed by atoms with Gasteiger partial charge in [-0.25, -0.2) is 4.98 Å². The maximum Gasteiger partial charge on any atom is 0.254 e. The molecule has 1 atom stereocenters. The second-order valence-corrected chi connectivity index (χ2v) is 8.99. The zero-order chi connectivity index (χ0) is 18.5. The van der Waals surface area contributed by atoms with Crippen LogP contribution in [0.25, 0.3) is 0 Å². The van der Waals surface area contributed by atoms with Crippen LogP contribution in [0.1, 0.15) is 32.0 Å². The Labute approximate surface area is 157 Å². The molecule has 2 aliphatic rings. The first-order valence-electron chi connectivity index (χ1n) is 8.99. The first-order chi connectivity index (χ1) is 12.3. The van der Waals surface area contributed by atoms with Crippen molar-refractivity contribution in [2.24, 2.45) is 5.92 Å². The number of fused-ring (bicyclic) bond motifs is 2. The van der Waals surface area contributed by atoms with E-state index in [2.05, 4.69) is 31.8 Å². The Kier molecular flexibility index (Phi) is 4.18. The average molecular weight is 369 g/mol. The summed E-state index contributed by atoms with van der Waals surface area (Å²) in [5.41, 5.74) is 2.81. The second kappa shape index (κ2) is 6.27. The van der Waals surface area contributed by atoms with E-state index in [4.69, 9.17) is 0 Å². The molecule has 1 aromatic heterocycles. The van der Waals surface area contributed by atoms with Crippen molar-refractivity contribution in [2.75, 3.05) is 17.2 Å². The van der Waals surface area contributed by atoms with E-state index in [-0.39, 0.29) is 22.8 Å². The predicted molar refractivity (Wildman–Crippen MR) is 104 cm³/mol. The molecule has 2 aliphatic heterocycles. The molecule has 6 heteroatoms. The second-order valence-electron chi connectivity index (χ2n) is 8.00. The smallest absolute Gasteiger partial charge is 0.254 e. The van der Waals surface area contributed by atoms with Gasteiger partial charge in [-0.2, -0.15) is 0 Å². The molecule has 1 unspecified atom stereocenters. The highest BCUT2D eigenvalue weighted by Crippen LogP contribution is 2.33. The number of benzene rings is 1. The van der Waals surface area contributed by atoms with E-state index in [9.17, 15) is 9.59 Å². The Hall–Kier alpha value is -2.08. The number of para-hydroxylation sites is 1. The Morgan fingerprint density at radius 3 is 2.81 bits per heavy atom. The summed E-state index contributed by atoms with van der Waals surface area (Å²) in [6, 6.07) is 9.68. The Balaban J connectivity index is 1.60. The highest BCUT2D eigenvalue weighted by atomic mass is 32.2. The predicted octanol–water partition coefficient (Wildman–Crippen LogP) is 2.85. The molecular weight excluding hydrogens is 346 g/mol. The van der Waals surface area contributed by atoms with Gasteiger partial charge in [0.15, 0.2) is 5.16 Å². The molecule has 0 N–H and O–H groups in total. The number of nitrogens with zero attached hydrogens (tertiary/aromatic N) is 3. The summed E-state index contributed by atoms with van der Waals surface area (Å²) in [4.78, 5) is 32.2. The summed E-state index contributed by atoms with van der Waals surface area (Å²) < 4.78 is 1.66. The van der Waals surface area contributed by atoms with Crippen LogP contribution in [0.2, 0.25) is 0 Å². The van der Waals surface area contributed by atoms with E-state index in [1.807, 2.05) is 23.1 Å². The number of amides is 1. The number of thioether (sulfide) groups is 1. The zero-order valence-corrected chi connectivity index (χ0v) is 16.2. The van der Waals surface area contributed by atoms with Crippen LogP contribution in [0.5, 0.6) is 0 Å². The van der Waals surface area contributed by atoms with Gasteiger partial charge >= 0.3 is 0 Å². The van der Waals surface area contributed by atoms with Crippen molar-refractivity contribution in [1.82, 2.24) is 9.55 Å². The van der Waals surface area contributed by atoms with Gasteiger partial charge in [0, 0.05) is 36.0 Å². The lowest BCUT2D eigenvalue weighted by Crippen LogP contribution is -2.42. The SMILES string of the molecule is CC(C)(C)c1cc(=O)n2c(n1)SCC(C(=O)N1CCc3ccccc31)C2. The minimum Gasteiger partial charge on any atom is -0.311 e. The quantitative estimate of drug-likeness (QED) is 0.726.